The number of amides is 1. The van der Waals surface area contributed by atoms with Crippen LogP contribution < -0.4 is 5.32 Å². The van der Waals surface area contributed by atoms with Gasteiger partial charge in [-0.3, -0.25) is 4.79 Å². The van der Waals surface area contributed by atoms with Crippen LogP contribution in [0.2, 0.25) is 0 Å². The van der Waals surface area contributed by atoms with E-state index in [-0.39, 0.29) is 12.5 Å². The zero-order valence-electron chi connectivity index (χ0n) is 13.4. The number of carbonyl (C=O) groups excluding carboxylic acids is 2. The molecule has 1 N–H and O–H groups in total. The summed E-state index contributed by atoms with van der Waals surface area (Å²) in [6.07, 6.45) is 0. The third-order valence-electron chi connectivity index (χ3n) is 3.48. The van der Waals surface area contributed by atoms with E-state index in [1.807, 2.05) is 18.2 Å². The fourth-order valence-corrected chi connectivity index (χ4v) is 2.44. The first-order valence-electron chi connectivity index (χ1n) is 7.60. The summed E-state index contributed by atoms with van der Waals surface area (Å²) in [5.74, 6) is -0.604. The molecule has 1 atom stereocenters. The number of oxazole rings is 1. The zero-order valence-corrected chi connectivity index (χ0v) is 14.9. The highest BCUT2D eigenvalue weighted by molar-refractivity contribution is 9.10. The van der Waals surface area contributed by atoms with Crippen LogP contribution in [0.1, 0.15) is 23.2 Å². The highest BCUT2D eigenvalue weighted by Gasteiger charge is 2.19. The molecule has 25 heavy (non-hydrogen) atoms. The highest BCUT2D eigenvalue weighted by Crippen LogP contribution is 2.15. The highest BCUT2D eigenvalue weighted by atomic mass is 79.9. The van der Waals surface area contributed by atoms with Gasteiger partial charge in [-0.15, -0.1) is 0 Å². The third-order valence-corrected chi connectivity index (χ3v) is 4.01. The molecule has 2 aromatic carbocycles. The number of rotatable bonds is 5. The lowest BCUT2D eigenvalue weighted by molar-refractivity contribution is -0.147. The van der Waals surface area contributed by atoms with Gasteiger partial charge < -0.3 is 14.5 Å². The zero-order chi connectivity index (χ0) is 17.8. The summed E-state index contributed by atoms with van der Waals surface area (Å²) in [6, 6.07) is 13.3. The van der Waals surface area contributed by atoms with E-state index in [0.29, 0.717) is 22.6 Å². The summed E-state index contributed by atoms with van der Waals surface area (Å²) in [4.78, 5) is 28.4. The van der Waals surface area contributed by atoms with Gasteiger partial charge in [0.2, 0.25) is 5.89 Å². The number of fused-ring (bicyclic) bond motifs is 1. The van der Waals surface area contributed by atoms with Crippen LogP contribution in [0.5, 0.6) is 0 Å². The number of aromatic nitrogens is 1. The normalized spacial score (nSPS) is 11.9. The lowest BCUT2D eigenvalue weighted by Gasteiger charge is -2.12. The van der Waals surface area contributed by atoms with Crippen molar-refractivity contribution in [1.82, 2.24) is 10.3 Å². The predicted octanol–water partition coefficient (Wildman–Crippen LogP) is 3.45. The average molecular weight is 403 g/mol. The first-order chi connectivity index (χ1) is 12.0. The van der Waals surface area contributed by atoms with E-state index < -0.39 is 12.0 Å². The maximum atomic E-state index is 12.1. The van der Waals surface area contributed by atoms with E-state index in [9.17, 15) is 9.59 Å². The van der Waals surface area contributed by atoms with Crippen LogP contribution in [0.25, 0.3) is 11.1 Å². The van der Waals surface area contributed by atoms with Gasteiger partial charge in [-0.2, -0.15) is 0 Å². The SMILES string of the molecule is C[C@H](NC(=O)c1ccc(Br)cc1)C(=O)OCc1nc2ccccc2o1. The molecule has 0 aliphatic rings. The number of carbonyl (C=O) groups is 2. The average Bonchev–Trinajstić information content (AvgIpc) is 3.03. The molecule has 0 saturated heterocycles. The molecule has 0 fully saturated rings. The molecule has 0 radical (unpaired) electrons. The molecule has 3 rings (SSSR count). The summed E-state index contributed by atoms with van der Waals surface area (Å²) in [5, 5.41) is 2.60. The number of nitrogens with one attached hydrogen (secondary N) is 1. The number of hydrogen-bond acceptors (Lipinski definition) is 5. The Morgan fingerprint density at radius 1 is 1.20 bits per heavy atom. The third kappa shape index (κ3) is 4.24. The van der Waals surface area contributed by atoms with Gasteiger partial charge in [-0.25, -0.2) is 9.78 Å². The van der Waals surface area contributed by atoms with Crippen molar-refractivity contribution in [2.24, 2.45) is 0 Å². The van der Waals surface area contributed by atoms with Crippen molar-refractivity contribution < 1.29 is 18.7 Å². The second-order valence-electron chi connectivity index (χ2n) is 5.39. The van der Waals surface area contributed by atoms with Crippen LogP contribution in [0.4, 0.5) is 0 Å². The topological polar surface area (TPSA) is 81.4 Å². The number of benzene rings is 2. The van der Waals surface area contributed by atoms with Crippen molar-refractivity contribution >= 4 is 38.9 Å². The van der Waals surface area contributed by atoms with Gasteiger partial charge in [0.1, 0.15) is 11.6 Å². The molecule has 1 aromatic heterocycles. The van der Waals surface area contributed by atoms with Gasteiger partial charge in [0.05, 0.1) is 0 Å². The summed E-state index contributed by atoms with van der Waals surface area (Å²) in [5.41, 5.74) is 1.79. The molecular weight excluding hydrogens is 388 g/mol. The van der Waals surface area contributed by atoms with Crippen LogP contribution in [0.3, 0.4) is 0 Å². The van der Waals surface area contributed by atoms with Gasteiger partial charge in [0.15, 0.2) is 12.2 Å². The number of para-hydroxylation sites is 2. The molecule has 0 saturated carbocycles. The smallest absolute Gasteiger partial charge is 0.328 e. The summed E-state index contributed by atoms with van der Waals surface area (Å²) < 4.78 is 11.5. The molecule has 0 spiro atoms. The Hall–Kier alpha value is -2.67. The lowest BCUT2D eigenvalue weighted by atomic mass is 10.2. The van der Waals surface area contributed by atoms with E-state index in [1.54, 1.807) is 37.3 Å². The maximum Gasteiger partial charge on any atom is 0.328 e. The monoisotopic (exact) mass is 402 g/mol. The van der Waals surface area contributed by atoms with E-state index in [2.05, 4.69) is 26.2 Å². The molecule has 128 valence electrons. The number of hydrogen-bond donors (Lipinski definition) is 1. The molecule has 0 aliphatic carbocycles. The second-order valence-corrected chi connectivity index (χ2v) is 6.30. The molecule has 7 heteroatoms. The minimum absolute atomic E-state index is 0.0913. The van der Waals surface area contributed by atoms with Crippen molar-refractivity contribution in [3.8, 4) is 0 Å². The van der Waals surface area contributed by atoms with Crippen molar-refractivity contribution in [2.45, 2.75) is 19.6 Å². The molecule has 0 unspecified atom stereocenters. The molecule has 1 heterocycles. The Kier molecular flexibility index (Phi) is 5.14. The molecule has 3 aromatic rings. The summed E-state index contributed by atoms with van der Waals surface area (Å²) in [6.45, 7) is 1.47. The number of nitrogens with zero attached hydrogens (tertiary/aromatic N) is 1. The Bertz CT molecular complexity index is 872. The van der Waals surface area contributed by atoms with Crippen LogP contribution >= 0.6 is 15.9 Å². The fraction of sp³-hybridized carbons (Fsp3) is 0.167. The Labute approximate surface area is 152 Å². The quantitative estimate of drug-likeness (QED) is 0.660. The van der Waals surface area contributed by atoms with Crippen LogP contribution in [-0.2, 0) is 16.1 Å². The van der Waals surface area contributed by atoms with Crippen molar-refractivity contribution in [1.29, 1.82) is 0 Å². The first kappa shape index (κ1) is 17.2. The van der Waals surface area contributed by atoms with E-state index in [4.69, 9.17) is 9.15 Å². The molecule has 6 nitrogen and oxygen atoms in total. The van der Waals surface area contributed by atoms with Gasteiger partial charge in [0, 0.05) is 10.0 Å². The minimum atomic E-state index is -0.791. The Balaban J connectivity index is 1.55. The fourth-order valence-electron chi connectivity index (χ4n) is 2.18. The Morgan fingerprint density at radius 2 is 1.92 bits per heavy atom. The van der Waals surface area contributed by atoms with Crippen molar-refractivity contribution in [3.05, 3.63) is 64.5 Å². The van der Waals surface area contributed by atoms with Gasteiger partial charge in [-0.05, 0) is 43.3 Å². The predicted molar refractivity (Wildman–Crippen MR) is 94.9 cm³/mol. The van der Waals surface area contributed by atoms with Crippen LogP contribution in [0, 0.1) is 0 Å². The van der Waals surface area contributed by atoms with E-state index in [1.165, 1.54) is 0 Å². The molecule has 0 aliphatic heterocycles. The van der Waals surface area contributed by atoms with Gasteiger partial charge in [-0.1, -0.05) is 28.1 Å². The summed E-state index contributed by atoms with van der Waals surface area (Å²) >= 11 is 3.30. The van der Waals surface area contributed by atoms with Crippen LogP contribution in [-0.4, -0.2) is 22.9 Å². The number of esters is 1. The molecule has 0 bridgehead atoms. The van der Waals surface area contributed by atoms with Gasteiger partial charge >= 0.3 is 5.97 Å². The summed E-state index contributed by atoms with van der Waals surface area (Å²) in [7, 11) is 0. The first-order valence-corrected chi connectivity index (χ1v) is 8.40. The number of ether oxygens (including phenoxy) is 1. The van der Waals surface area contributed by atoms with Crippen LogP contribution in [0.15, 0.2) is 57.4 Å². The second kappa shape index (κ2) is 7.48. The van der Waals surface area contributed by atoms with Gasteiger partial charge in [0.25, 0.3) is 5.91 Å². The molecular formula is C18H15BrN2O4. The van der Waals surface area contributed by atoms with Crippen molar-refractivity contribution in [2.75, 3.05) is 0 Å². The lowest BCUT2D eigenvalue weighted by Crippen LogP contribution is -2.39. The minimum Gasteiger partial charge on any atom is -0.454 e. The standard InChI is InChI=1S/C18H15BrN2O4/c1-11(20-17(22)12-6-8-13(19)9-7-12)18(23)24-10-16-21-14-4-2-3-5-15(14)25-16/h2-9,11H,10H2,1H3,(H,20,22)/t11-/m0/s1. The van der Waals surface area contributed by atoms with E-state index in [0.717, 1.165) is 4.47 Å². The Morgan fingerprint density at radius 3 is 2.64 bits per heavy atom. The van der Waals surface area contributed by atoms with Crippen molar-refractivity contribution in [3.63, 3.8) is 0 Å². The number of halogens is 1. The largest absolute Gasteiger partial charge is 0.454 e. The van der Waals surface area contributed by atoms with E-state index >= 15 is 0 Å². The molecule has 1 amide bonds. The maximum absolute atomic E-state index is 12.1.